The smallest absolute Gasteiger partial charge is 0.337 e. The number of rotatable bonds is 1. The molecule has 2 nitrogen and oxygen atoms in total. The fourth-order valence-electron chi connectivity index (χ4n) is 1.44. The van der Waals surface area contributed by atoms with Gasteiger partial charge >= 0.3 is 5.97 Å². The van der Waals surface area contributed by atoms with E-state index in [9.17, 15) is 4.79 Å². The largest absolute Gasteiger partial charge is 0.465 e. The Labute approximate surface area is 115 Å². The van der Waals surface area contributed by atoms with E-state index in [1.165, 1.54) is 18.2 Å². The van der Waals surface area contributed by atoms with E-state index in [1.54, 1.807) is 12.1 Å². The molecule has 0 radical (unpaired) electrons. The predicted molar refractivity (Wildman–Crippen MR) is 78.4 cm³/mol. The molecule has 2 aromatic carbocycles. The van der Waals surface area contributed by atoms with Crippen LogP contribution in [0.4, 0.5) is 0 Å². The molecule has 0 aliphatic carbocycles. The van der Waals surface area contributed by atoms with E-state index in [1.807, 2.05) is 19.1 Å². The summed E-state index contributed by atoms with van der Waals surface area (Å²) in [5.74, 6) is -0.287. The lowest BCUT2D eigenvalue weighted by Crippen LogP contribution is -2.00. The van der Waals surface area contributed by atoms with E-state index in [0.717, 1.165) is 5.56 Å². The quantitative estimate of drug-likeness (QED) is 0.718. The summed E-state index contributed by atoms with van der Waals surface area (Å²) in [6.45, 7) is 6.17. The minimum absolute atomic E-state index is 0.287. The van der Waals surface area contributed by atoms with Crippen LogP contribution in [0.25, 0.3) is 0 Å². The van der Waals surface area contributed by atoms with Crippen LogP contribution >= 0.6 is 0 Å². The Morgan fingerprint density at radius 1 is 0.737 bits per heavy atom. The highest BCUT2D eigenvalue weighted by atomic mass is 16.5. The van der Waals surface area contributed by atoms with Gasteiger partial charge in [0.1, 0.15) is 0 Å². The Kier molecular flexibility index (Phi) is 5.80. The van der Waals surface area contributed by atoms with Crippen LogP contribution in [0.1, 0.15) is 27.0 Å². The van der Waals surface area contributed by atoms with Crippen LogP contribution in [-0.2, 0) is 4.74 Å². The van der Waals surface area contributed by atoms with Crippen molar-refractivity contribution < 1.29 is 9.53 Å². The zero-order valence-electron chi connectivity index (χ0n) is 11.9. The molecular weight excluding hydrogens is 236 g/mol. The molecule has 0 saturated carbocycles. The second-order valence-electron chi connectivity index (χ2n) is 4.51. The summed E-state index contributed by atoms with van der Waals surface area (Å²) >= 11 is 0. The summed E-state index contributed by atoms with van der Waals surface area (Å²) in [6.07, 6.45) is 0. The number of benzene rings is 2. The summed E-state index contributed by atoms with van der Waals surface area (Å²) in [5, 5.41) is 0. The van der Waals surface area contributed by atoms with Gasteiger partial charge in [0.2, 0.25) is 0 Å². The van der Waals surface area contributed by atoms with Gasteiger partial charge in [-0.1, -0.05) is 53.1 Å². The maximum atomic E-state index is 10.9. The number of methoxy groups -OCH3 is 1. The molecule has 0 aromatic heterocycles. The third kappa shape index (κ3) is 5.38. The van der Waals surface area contributed by atoms with Crippen LogP contribution in [0.3, 0.4) is 0 Å². The molecule has 2 rings (SSSR count). The maximum Gasteiger partial charge on any atom is 0.337 e. The van der Waals surface area contributed by atoms with E-state index >= 15 is 0 Å². The van der Waals surface area contributed by atoms with Crippen LogP contribution in [0.2, 0.25) is 0 Å². The van der Waals surface area contributed by atoms with Gasteiger partial charge in [-0.25, -0.2) is 4.79 Å². The highest BCUT2D eigenvalue weighted by Crippen LogP contribution is 2.03. The maximum absolute atomic E-state index is 10.9. The van der Waals surface area contributed by atoms with Crippen molar-refractivity contribution in [2.75, 3.05) is 7.11 Å². The number of aryl methyl sites for hydroxylation is 3. The van der Waals surface area contributed by atoms with Gasteiger partial charge in [-0.05, 0) is 32.9 Å². The molecule has 19 heavy (non-hydrogen) atoms. The zero-order valence-corrected chi connectivity index (χ0v) is 11.9. The second-order valence-corrected chi connectivity index (χ2v) is 4.51. The first-order valence-corrected chi connectivity index (χ1v) is 6.21. The normalized spacial score (nSPS) is 9.26. The molecule has 0 spiro atoms. The molecule has 0 aliphatic rings. The van der Waals surface area contributed by atoms with Gasteiger partial charge in [-0.3, -0.25) is 0 Å². The average Bonchev–Trinajstić information content (AvgIpc) is 2.43. The number of ether oxygens (including phenoxy) is 1. The summed E-state index contributed by atoms with van der Waals surface area (Å²) in [6, 6.07) is 15.7. The van der Waals surface area contributed by atoms with Gasteiger partial charge in [-0.15, -0.1) is 0 Å². The minimum atomic E-state index is -0.287. The Morgan fingerprint density at radius 3 is 1.37 bits per heavy atom. The van der Waals surface area contributed by atoms with Crippen molar-refractivity contribution in [2.45, 2.75) is 20.8 Å². The fourth-order valence-corrected chi connectivity index (χ4v) is 1.44. The Morgan fingerprint density at radius 2 is 1.05 bits per heavy atom. The van der Waals surface area contributed by atoms with E-state index in [4.69, 9.17) is 0 Å². The molecule has 2 heteroatoms. The van der Waals surface area contributed by atoms with Gasteiger partial charge < -0.3 is 4.74 Å². The Hall–Kier alpha value is -2.09. The second kappa shape index (κ2) is 7.37. The lowest BCUT2D eigenvalue weighted by molar-refractivity contribution is 0.0600. The van der Waals surface area contributed by atoms with E-state index < -0.39 is 0 Å². The summed E-state index contributed by atoms with van der Waals surface area (Å²) < 4.78 is 4.54. The molecule has 0 heterocycles. The van der Waals surface area contributed by atoms with Gasteiger partial charge in [0.05, 0.1) is 12.7 Å². The van der Waals surface area contributed by atoms with Crippen LogP contribution in [0.15, 0.2) is 48.5 Å². The third-order valence-corrected chi connectivity index (χ3v) is 2.69. The van der Waals surface area contributed by atoms with Crippen molar-refractivity contribution in [3.8, 4) is 0 Å². The molecule has 0 aliphatic heterocycles. The Balaban J connectivity index is 0.000000200. The van der Waals surface area contributed by atoms with Crippen LogP contribution < -0.4 is 0 Å². The van der Waals surface area contributed by atoms with Crippen LogP contribution in [0, 0.1) is 20.8 Å². The number of hydrogen-bond donors (Lipinski definition) is 0. The first kappa shape index (κ1) is 15.0. The summed E-state index contributed by atoms with van der Waals surface area (Å²) in [4.78, 5) is 10.9. The summed E-state index contributed by atoms with van der Waals surface area (Å²) in [5.41, 5.74) is 4.39. The standard InChI is InChI=1S/C9H10O2.C8H10/c1-7-3-5-8(6-4-7)9(10)11-2;1-7-3-5-8(2)6-4-7/h3-6H,1-2H3;3-6H,1-2H3. The van der Waals surface area contributed by atoms with E-state index in [-0.39, 0.29) is 5.97 Å². The van der Waals surface area contributed by atoms with Crippen molar-refractivity contribution in [3.63, 3.8) is 0 Å². The van der Waals surface area contributed by atoms with E-state index in [0.29, 0.717) is 5.56 Å². The highest BCUT2D eigenvalue weighted by molar-refractivity contribution is 5.89. The van der Waals surface area contributed by atoms with Crippen molar-refractivity contribution in [1.82, 2.24) is 0 Å². The molecule has 0 unspecified atom stereocenters. The number of carbonyl (C=O) groups is 1. The lowest BCUT2D eigenvalue weighted by atomic mass is 10.2. The Bertz CT molecular complexity index is 489. The first-order valence-electron chi connectivity index (χ1n) is 6.21. The first-order chi connectivity index (χ1) is 9.02. The van der Waals surface area contributed by atoms with Crippen molar-refractivity contribution in [3.05, 3.63) is 70.8 Å². The van der Waals surface area contributed by atoms with Crippen molar-refractivity contribution in [1.29, 1.82) is 0 Å². The minimum Gasteiger partial charge on any atom is -0.465 e. The van der Waals surface area contributed by atoms with Gasteiger partial charge in [0, 0.05) is 0 Å². The SMILES string of the molecule is COC(=O)c1ccc(C)cc1.Cc1ccc(C)cc1. The third-order valence-electron chi connectivity index (χ3n) is 2.69. The molecule has 0 N–H and O–H groups in total. The molecule has 0 bridgehead atoms. The average molecular weight is 256 g/mol. The van der Waals surface area contributed by atoms with Crippen molar-refractivity contribution in [2.24, 2.45) is 0 Å². The van der Waals surface area contributed by atoms with E-state index in [2.05, 4.69) is 42.8 Å². The summed E-state index contributed by atoms with van der Waals surface area (Å²) in [7, 11) is 1.38. The topological polar surface area (TPSA) is 26.3 Å². The molecule has 0 atom stereocenters. The van der Waals surface area contributed by atoms with Gasteiger partial charge in [0.15, 0.2) is 0 Å². The van der Waals surface area contributed by atoms with Gasteiger partial charge in [0.25, 0.3) is 0 Å². The molecular formula is C17H20O2. The number of esters is 1. The predicted octanol–water partition coefficient (Wildman–Crippen LogP) is 4.09. The van der Waals surface area contributed by atoms with Crippen LogP contribution in [0.5, 0.6) is 0 Å². The molecule has 100 valence electrons. The zero-order chi connectivity index (χ0) is 14.3. The molecule has 2 aromatic rings. The lowest BCUT2D eigenvalue weighted by Gasteiger charge is -1.97. The van der Waals surface area contributed by atoms with Crippen molar-refractivity contribution >= 4 is 5.97 Å². The van der Waals surface area contributed by atoms with Gasteiger partial charge in [-0.2, -0.15) is 0 Å². The monoisotopic (exact) mass is 256 g/mol. The van der Waals surface area contributed by atoms with Crippen LogP contribution in [-0.4, -0.2) is 13.1 Å². The highest BCUT2D eigenvalue weighted by Gasteiger charge is 2.01. The molecule has 0 fully saturated rings. The molecule has 0 saturated heterocycles. The fraction of sp³-hybridized carbons (Fsp3) is 0.235. The molecule has 0 amide bonds. The number of hydrogen-bond acceptors (Lipinski definition) is 2. The number of carbonyl (C=O) groups excluding carboxylic acids is 1.